The van der Waals surface area contributed by atoms with E-state index in [4.69, 9.17) is 10.5 Å². The van der Waals surface area contributed by atoms with Crippen LogP contribution in [0.25, 0.3) is 0 Å². The number of carbonyl (C=O) groups excluding carboxylic acids is 1. The van der Waals surface area contributed by atoms with Crippen molar-refractivity contribution in [3.8, 4) is 12.1 Å². The van der Waals surface area contributed by atoms with E-state index in [1.807, 2.05) is 12.1 Å². The first-order valence-electron chi connectivity index (χ1n) is 6.04. The zero-order valence-electron chi connectivity index (χ0n) is 10.9. The minimum atomic E-state index is -0.536. The van der Waals surface area contributed by atoms with Crippen molar-refractivity contribution in [1.82, 2.24) is 4.57 Å². The molecule has 0 aliphatic rings. The van der Waals surface area contributed by atoms with E-state index < -0.39 is 6.04 Å². The third-order valence-electron chi connectivity index (χ3n) is 3.00. The van der Waals surface area contributed by atoms with Crippen LogP contribution in [0.1, 0.15) is 24.2 Å². The third-order valence-corrected chi connectivity index (χ3v) is 3.00. The lowest BCUT2D eigenvalue weighted by Gasteiger charge is -2.15. The first kappa shape index (κ1) is 13.4. The van der Waals surface area contributed by atoms with E-state index in [1.54, 1.807) is 54.1 Å². The van der Waals surface area contributed by atoms with Crippen molar-refractivity contribution < 1.29 is 4.79 Å². The molecule has 1 amide bonds. The molecule has 0 aliphatic heterocycles. The summed E-state index contributed by atoms with van der Waals surface area (Å²) < 4.78 is 1.59. The molecule has 0 saturated heterocycles. The Balaban J connectivity index is 2.21. The Labute approximate surface area is 116 Å². The van der Waals surface area contributed by atoms with Crippen LogP contribution in [0.5, 0.6) is 0 Å². The van der Waals surface area contributed by atoms with Gasteiger partial charge in [0.2, 0.25) is 5.91 Å². The van der Waals surface area contributed by atoms with Crippen LogP contribution in [0.15, 0.2) is 42.6 Å². The van der Waals surface area contributed by atoms with Gasteiger partial charge in [-0.1, -0.05) is 12.1 Å². The van der Waals surface area contributed by atoms with Gasteiger partial charge in [0.15, 0.2) is 0 Å². The fraction of sp³-hybridized carbons (Fsp3) is 0.133. The summed E-state index contributed by atoms with van der Waals surface area (Å²) in [5.41, 5.74) is 1.29. The SMILES string of the molecule is CC(C(=O)Nc1ccccc1C#N)n1cccc1C#N. The molecule has 5 heteroatoms. The molecule has 98 valence electrons. The average Bonchev–Trinajstić information content (AvgIpc) is 2.95. The van der Waals surface area contributed by atoms with E-state index in [0.717, 1.165) is 0 Å². The van der Waals surface area contributed by atoms with Gasteiger partial charge in [0.1, 0.15) is 23.9 Å². The molecule has 2 rings (SSSR count). The number of nitrogens with zero attached hydrogens (tertiary/aromatic N) is 3. The van der Waals surface area contributed by atoms with Gasteiger partial charge in [-0.15, -0.1) is 0 Å². The van der Waals surface area contributed by atoms with E-state index in [-0.39, 0.29) is 5.91 Å². The molecule has 1 atom stereocenters. The predicted octanol–water partition coefficient (Wildman–Crippen LogP) is 2.43. The Kier molecular flexibility index (Phi) is 3.83. The Morgan fingerprint density at radius 1 is 1.20 bits per heavy atom. The van der Waals surface area contributed by atoms with Gasteiger partial charge >= 0.3 is 0 Å². The van der Waals surface area contributed by atoms with Crippen LogP contribution in [0.4, 0.5) is 5.69 Å². The van der Waals surface area contributed by atoms with E-state index in [9.17, 15) is 4.79 Å². The zero-order valence-corrected chi connectivity index (χ0v) is 10.9. The maximum Gasteiger partial charge on any atom is 0.247 e. The molecule has 1 heterocycles. The van der Waals surface area contributed by atoms with Gasteiger partial charge in [0.05, 0.1) is 11.3 Å². The summed E-state index contributed by atoms with van der Waals surface area (Å²) in [6, 6.07) is 13.7. The van der Waals surface area contributed by atoms with Crippen molar-refractivity contribution in [3.05, 3.63) is 53.9 Å². The van der Waals surface area contributed by atoms with E-state index in [1.165, 1.54) is 0 Å². The molecule has 1 aromatic heterocycles. The van der Waals surface area contributed by atoms with Gasteiger partial charge in [-0.25, -0.2) is 0 Å². The number of nitriles is 2. The molecule has 0 aliphatic carbocycles. The average molecular weight is 264 g/mol. The van der Waals surface area contributed by atoms with Gasteiger partial charge in [0, 0.05) is 6.20 Å². The van der Waals surface area contributed by atoms with Crippen molar-refractivity contribution in [2.75, 3.05) is 5.32 Å². The largest absolute Gasteiger partial charge is 0.327 e. The highest BCUT2D eigenvalue weighted by Gasteiger charge is 2.17. The lowest BCUT2D eigenvalue weighted by molar-refractivity contribution is -0.118. The van der Waals surface area contributed by atoms with Crippen LogP contribution in [0.2, 0.25) is 0 Å². The van der Waals surface area contributed by atoms with Crippen LogP contribution in [-0.4, -0.2) is 10.5 Å². The molecule has 5 nitrogen and oxygen atoms in total. The van der Waals surface area contributed by atoms with Crippen molar-refractivity contribution in [3.63, 3.8) is 0 Å². The van der Waals surface area contributed by atoms with Crippen LogP contribution in [-0.2, 0) is 4.79 Å². The summed E-state index contributed by atoms with van der Waals surface area (Å²) in [5, 5.41) is 20.7. The quantitative estimate of drug-likeness (QED) is 0.924. The topological polar surface area (TPSA) is 81.6 Å². The summed E-state index contributed by atoms with van der Waals surface area (Å²) in [4.78, 5) is 12.2. The highest BCUT2D eigenvalue weighted by atomic mass is 16.2. The van der Waals surface area contributed by atoms with Crippen LogP contribution in [0, 0.1) is 22.7 Å². The maximum atomic E-state index is 12.2. The molecule has 0 saturated carbocycles. The lowest BCUT2D eigenvalue weighted by atomic mass is 10.2. The van der Waals surface area contributed by atoms with Crippen molar-refractivity contribution in [2.24, 2.45) is 0 Å². The van der Waals surface area contributed by atoms with Gasteiger partial charge < -0.3 is 9.88 Å². The number of hydrogen-bond donors (Lipinski definition) is 1. The number of rotatable bonds is 3. The molecular formula is C15H12N4O. The van der Waals surface area contributed by atoms with Gasteiger partial charge in [0.25, 0.3) is 0 Å². The summed E-state index contributed by atoms with van der Waals surface area (Å²) >= 11 is 0. The molecule has 1 unspecified atom stereocenters. The first-order valence-corrected chi connectivity index (χ1v) is 6.04. The number of anilines is 1. The summed E-state index contributed by atoms with van der Waals surface area (Å²) in [7, 11) is 0. The van der Waals surface area contributed by atoms with E-state index >= 15 is 0 Å². The highest BCUT2D eigenvalue weighted by molar-refractivity contribution is 5.94. The fourth-order valence-corrected chi connectivity index (χ4v) is 1.88. The molecule has 2 aromatic rings. The number of aromatic nitrogens is 1. The summed E-state index contributed by atoms with van der Waals surface area (Å²) in [5.74, 6) is -0.277. The number of nitrogens with one attached hydrogen (secondary N) is 1. The Bertz CT molecular complexity index is 718. The van der Waals surface area contributed by atoms with Crippen molar-refractivity contribution in [1.29, 1.82) is 10.5 Å². The van der Waals surface area contributed by atoms with Crippen molar-refractivity contribution >= 4 is 11.6 Å². The Morgan fingerprint density at radius 2 is 1.95 bits per heavy atom. The number of carbonyl (C=O) groups is 1. The zero-order chi connectivity index (χ0) is 14.5. The van der Waals surface area contributed by atoms with E-state index in [0.29, 0.717) is 16.9 Å². The minimum Gasteiger partial charge on any atom is -0.327 e. The summed E-state index contributed by atoms with van der Waals surface area (Å²) in [6.07, 6.45) is 1.68. The molecule has 1 aromatic carbocycles. The highest BCUT2D eigenvalue weighted by Crippen LogP contribution is 2.17. The fourth-order valence-electron chi connectivity index (χ4n) is 1.88. The Hall–Kier alpha value is -3.05. The lowest BCUT2D eigenvalue weighted by Crippen LogP contribution is -2.24. The van der Waals surface area contributed by atoms with Crippen LogP contribution >= 0.6 is 0 Å². The smallest absolute Gasteiger partial charge is 0.247 e. The number of benzene rings is 1. The molecule has 0 bridgehead atoms. The standard InChI is InChI=1S/C15H12N4O/c1-11(19-8-4-6-13(19)10-17)15(20)18-14-7-3-2-5-12(14)9-16/h2-8,11H,1H3,(H,18,20). The normalized spacial score (nSPS) is 11.2. The van der Waals surface area contributed by atoms with Crippen LogP contribution < -0.4 is 5.32 Å². The molecule has 0 radical (unpaired) electrons. The van der Waals surface area contributed by atoms with Gasteiger partial charge in [-0.2, -0.15) is 10.5 Å². The van der Waals surface area contributed by atoms with Crippen molar-refractivity contribution in [2.45, 2.75) is 13.0 Å². The van der Waals surface area contributed by atoms with E-state index in [2.05, 4.69) is 5.32 Å². The second kappa shape index (κ2) is 5.73. The summed E-state index contributed by atoms with van der Waals surface area (Å²) in [6.45, 7) is 1.70. The molecule has 0 fully saturated rings. The second-order valence-corrected chi connectivity index (χ2v) is 4.24. The monoisotopic (exact) mass is 264 g/mol. The van der Waals surface area contributed by atoms with Gasteiger partial charge in [-0.05, 0) is 31.2 Å². The molecule has 20 heavy (non-hydrogen) atoms. The predicted molar refractivity (Wildman–Crippen MR) is 73.6 cm³/mol. The number of amides is 1. The third kappa shape index (κ3) is 2.52. The number of hydrogen-bond acceptors (Lipinski definition) is 3. The first-order chi connectivity index (χ1) is 9.67. The number of para-hydroxylation sites is 1. The Morgan fingerprint density at radius 3 is 2.65 bits per heavy atom. The van der Waals surface area contributed by atoms with Gasteiger partial charge in [-0.3, -0.25) is 4.79 Å². The molecule has 0 spiro atoms. The minimum absolute atomic E-state index is 0.277. The molecular weight excluding hydrogens is 252 g/mol. The maximum absolute atomic E-state index is 12.2. The molecule has 1 N–H and O–H groups in total. The van der Waals surface area contributed by atoms with Crippen LogP contribution in [0.3, 0.4) is 0 Å². The second-order valence-electron chi connectivity index (χ2n) is 4.24.